The van der Waals surface area contributed by atoms with E-state index in [9.17, 15) is 4.79 Å². The molecule has 1 aliphatic heterocycles. The van der Waals surface area contributed by atoms with E-state index in [0.717, 1.165) is 45.6 Å². The fourth-order valence-corrected chi connectivity index (χ4v) is 2.01. The van der Waals surface area contributed by atoms with Crippen LogP contribution in [0.25, 0.3) is 0 Å². The van der Waals surface area contributed by atoms with Crippen molar-refractivity contribution in [1.29, 1.82) is 0 Å². The second-order valence-electron chi connectivity index (χ2n) is 4.46. The summed E-state index contributed by atoms with van der Waals surface area (Å²) in [6.07, 6.45) is 3.03. The number of ether oxygens (including phenoxy) is 1. The number of nitrogens with one attached hydrogen (secondary N) is 2. The maximum Gasteiger partial charge on any atom is 0.224 e. The molecule has 4 nitrogen and oxygen atoms in total. The molecule has 0 aromatic heterocycles. The van der Waals surface area contributed by atoms with Crippen molar-refractivity contribution in [3.8, 4) is 0 Å². The highest BCUT2D eigenvalue weighted by molar-refractivity contribution is 5.78. The van der Waals surface area contributed by atoms with E-state index in [1.807, 2.05) is 7.05 Å². The summed E-state index contributed by atoms with van der Waals surface area (Å²) in [7, 11) is 1.88. The molecule has 1 saturated heterocycles. The van der Waals surface area contributed by atoms with Gasteiger partial charge in [-0.05, 0) is 32.2 Å². The predicted molar refractivity (Wildman–Crippen MR) is 64.3 cm³/mol. The Kier molecular flexibility index (Phi) is 6.42. The van der Waals surface area contributed by atoms with Gasteiger partial charge >= 0.3 is 0 Å². The van der Waals surface area contributed by atoms with E-state index < -0.39 is 0 Å². The van der Waals surface area contributed by atoms with Crippen molar-refractivity contribution in [2.45, 2.75) is 26.2 Å². The summed E-state index contributed by atoms with van der Waals surface area (Å²) < 4.78 is 5.29. The van der Waals surface area contributed by atoms with Crippen molar-refractivity contribution < 1.29 is 9.53 Å². The summed E-state index contributed by atoms with van der Waals surface area (Å²) in [5.74, 6) is 0.887. The van der Waals surface area contributed by atoms with E-state index in [2.05, 4.69) is 17.6 Å². The average Bonchev–Trinajstić information content (AvgIpc) is 2.34. The lowest BCUT2D eigenvalue weighted by Gasteiger charge is -2.23. The quantitative estimate of drug-likeness (QED) is 0.706. The molecule has 94 valence electrons. The van der Waals surface area contributed by atoms with Gasteiger partial charge in [0.05, 0.1) is 5.92 Å². The van der Waals surface area contributed by atoms with Gasteiger partial charge in [0, 0.05) is 26.3 Å². The molecule has 1 amide bonds. The molecule has 0 saturated carbocycles. The van der Waals surface area contributed by atoms with Gasteiger partial charge in [-0.1, -0.05) is 6.92 Å². The van der Waals surface area contributed by atoms with Crippen LogP contribution in [-0.2, 0) is 9.53 Å². The third kappa shape index (κ3) is 4.49. The van der Waals surface area contributed by atoms with Crippen LogP contribution in [-0.4, -0.2) is 39.3 Å². The maximum atomic E-state index is 11.8. The molecule has 1 heterocycles. The van der Waals surface area contributed by atoms with Gasteiger partial charge in [-0.3, -0.25) is 4.79 Å². The van der Waals surface area contributed by atoms with E-state index in [-0.39, 0.29) is 11.8 Å². The van der Waals surface area contributed by atoms with Gasteiger partial charge < -0.3 is 15.4 Å². The van der Waals surface area contributed by atoms with Gasteiger partial charge in [0.2, 0.25) is 5.91 Å². The predicted octanol–water partition coefficient (Wildman–Crippen LogP) is 0.775. The SMILES string of the molecule is CCC(CNC)C(=O)NCC1CCOCC1. The van der Waals surface area contributed by atoms with Crippen LogP contribution in [0.1, 0.15) is 26.2 Å². The molecule has 2 N–H and O–H groups in total. The van der Waals surface area contributed by atoms with E-state index in [1.165, 1.54) is 0 Å². The van der Waals surface area contributed by atoms with Crippen LogP contribution in [0.15, 0.2) is 0 Å². The summed E-state index contributed by atoms with van der Waals surface area (Å²) in [5, 5.41) is 6.11. The number of hydrogen-bond acceptors (Lipinski definition) is 3. The molecule has 4 heteroatoms. The van der Waals surface area contributed by atoms with Crippen LogP contribution in [0.4, 0.5) is 0 Å². The molecule has 0 aromatic carbocycles. The monoisotopic (exact) mass is 228 g/mol. The molecule has 0 bridgehead atoms. The molecule has 1 rings (SSSR count). The van der Waals surface area contributed by atoms with Crippen molar-refractivity contribution in [3.63, 3.8) is 0 Å². The molecule has 0 radical (unpaired) electrons. The molecule has 0 spiro atoms. The smallest absolute Gasteiger partial charge is 0.224 e. The van der Waals surface area contributed by atoms with Crippen molar-refractivity contribution in [2.24, 2.45) is 11.8 Å². The van der Waals surface area contributed by atoms with Crippen molar-refractivity contribution >= 4 is 5.91 Å². The molecule has 0 aromatic rings. The molecule has 16 heavy (non-hydrogen) atoms. The zero-order valence-electron chi connectivity index (χ0n) is 10.4. The number of carbonyl (C=O) groups excluding carboxylic acids is 1. The fraction of sp³-hybridized carbons (Fsp3) is 0.917. The highest BCUT2D eigenvalue weighted by atomic mass is 16.5. The summed E-state index contributed by atoms with van der Waals surface area (Å²) in [6, 6.07) is 0. The van der Waals surface area contributed by atoms with Gasteiger partial charge in [-0.2, -0.15) is 0 Å². The second kappa shape index (κ2) is 7.63. The molecular weight excluding hydrogens is 204 g/mol. The van der Waals surface area contributed by atoms with E-state index in [4.69, 9.17) is 4.74 Å². The van der Waals surface area contributed by atoms with Gasteiger partial charge in [-0.25, -0.2) is 0 Å². The van der Waals surface area contributed by atoms with Crippen LogP contribution in [0.2, 0.25) is 0 Å². The normalized spacial score (nSPS) is 19.4. The number of amides is 1. The Balaban J connectivity index is 2.21. The number of hydrogen-bond donors (Lipinski definition) is 2. The summed E-state index contributed by atoms with van der Waals surface area (Å²) in [5.41, 5.74) is 0. The van der Waals surface area contributed by atoms with Crippen molar-refractivity contribution in [2.75, 3.05) is 33.4 Å². The van der Waals surface area contributed by atoms with E-state index in [0.29, 0.717) is 5.92 Å². The average molecular weight is 228 g/mol. The van der Waals surface area contributed by atoms with E-state index >= 15 is 0 Å². The molecule has 1 fully saturated rings. The second-order valence-corrected chi connectivity index (χ2v) is 4.46. The minimum Gasteiger partial charge on any atom is -0.381 e. The van der Waals surface area contributed by atoms with E-state index in [1.54, 1.807) is 0 Å². The van der Waals surface area contributed by atoms with Crippen LogP contribution < -0.4 is 10.6 Å². The Morgan fingerprint density at radius 1 is 1.44 bits per heavy atom. The lowest BCUT2D eigenvalue weighted by atomic mass is 9.99. The van der Waals surface area contributed by atoms with Crippen LogP contribution >= 0.6 is 0 Å². The Morgan fingerprint density at radius 2 is 2.12 bits per heavy atom. The van der Waals surface area contributed by atoms with Gasteiger partial charge in [0.1, 0.15) is 0 Å². The van der Waals surface area contributed by atoms with Crippen molar-refractivity contribution in [1.82, 2.24) is 10.6 Å². The lowest BCUT2D eigenvalue weighted by Crippen LogP contribution is -2.39. The highest BCUT2D eigenvalue weighted by Gasteiger charge is 2.18. The summed E-state index contributed by atoms with van der Waals surface area (Å²) in [4.78, 5) is 11.8. The first kappa shape index (κ1) is 13.5. The van der Waals surface area contributed by atoms with Crippen molar-refractivity contribution in [3.05, 3.63) is 0 Å². The van der Waals surface area contributed by atoms with Crippen LogP contribution in [0.5, 0.6) is 0 Å². The first-order valence-corrected chi connectivity index (χ1v) is 6.28. The first-order chi connectivity index (χ1) is 7.77. The Bertz CT molecular complexity index is 203. The zero-order chi connectivity index (χ0) is 11.8. The summed E-state index contributed by atoms with van der Waals surface area (Å²) >= 11 is 0. The van der Waals surface area contributed by atoms with Gasteiger partial charge in [-0.15, -0.1) is 0 Å². The lowest BCUT2D eigenvalue weighted by molar-refractivity contribution is -0.125. The van der Waals surface area contributed by atoms with Gasteiger partial charge in [0.25, 0.3) is 0 Å². The first-order valence-electron chi connectivity index (χ1n) is 6.28. The Labute approximate surface area is 98.1 Å². The minimum absolute atomic E-state index is 0.102. The van der Waals surface area contributed by atoms with Crippen LogP contribution in [0.3, 0.4) is 0 Å². The maximum absolute atomic E-state index is 11.8. The van der Waals surface area contributed by atoms with Gasteiger partial charge in [0.15, 0.2) is 0 Å². The third-order valence-corrected chi connectivity index (χ3v) is 3.22. The number of rotatable bonds is 6. The Hall–Kier alpha value is -0.610. The molecule has 1 aliphatic rings. The molecule has 0 aliphatic carbocycles. The fourth-order valence-electron chi connectivity index (χ4n) is 2.01. The Morgan fingerprint density at radius 3 is 2.69 bits per heavy atom. The zero-order valence-corrected chi connectivity index (χ0v) is 10.4. The molecule has 1 atom stereocenters. The summed E-state index contributed by atoms with van der Waals surface area (Å²) in [6.45, 7) is 5.30. The topological polar surface area (TPSA) is 50.4 Å². The largest absolute Gasteiger partial charge is 0.381 e. The molecule has 1 unspecified atom stereocenters. The molecular formula is C12H24N2O2. The highest BCUT2D eigenvalue weighted by Crippen LogP contribution is 2.13. The third-order valence-electron chi connectivity index (χ3n) is 3.22. The minimum atomic E-state index is 0.102. The van der Waals surface area contributed by atoms with Crippen LogP contribution in [0, 0.1) is 11.8 Å². The standard InChI is InChI=1S/C12H24N2O2/c1-3-11(9-13-2)12(15)14-8-10-4-6-16-7-5-10/h10-11,13H,3-9H2,1-2H3,(H,14,15). The number of carbonyl (C=O) groups is 1.